The van der Waals surface area contributed by atoms with Gasteiger partial charge in [-0.15, -0.1) is 10.9 Å². The zero-order chi connectivity index (χ0) is 39.5. The number of imidazole rings is 1. The van der Waals surface area contributed by atoms with Crippen molar-refractivity contribution in [2.45, 2.75) is 19.3 Å². The third kappa shape index (κ3) is 4.91. The summed E-state index contributed by atoms with van der Waals surface area (Å²) >= 11 is 0. The molecule has 0 amide bonds. The lowest BCUT2D eigenvalue weighted by Gasteiger charge is -2.30. The summed E-state index contributed by atoms with van der Waals surface area (Å²) in [6.45, 7) is 4.11. The average Bonchev–Trinajstić information content (AvgIpc) is 3.74. The number of aromatic nitrogens is 2. The number of rotatable bonds is 4. The van der Waals surface area contributed by atoms with Crippen molar-refractivity contribution in [3.05, 3.63) is 139 Å². The summed E-state index contributed by atoms with van der Waals surface area (Å²) in [5.41, 5.74) is 12.0. The highest BCUT2D eigenvalue weighted by molar-refractivity contribution is 6.65. The van der Waals surface area contributed by atoms with Gasteiger partial charge >= 0.3 is 0 Å². The zero-order valence-electron chi connectivity index (χ0n) is 31.6. The Bertz CT molecular complexity index is 3130. The molecule has 0 saturated heterocycles. The van der Waals surface area contributed by atoms with Gasteiger partial charge < -0.3 is 0 Å². The minimum atomic E-state index is -0.736. The molecule has 1 aliphatic rings. The van der Waals surface area contributed by atoms with Gasteiger partial charge in [-0.05, 0) is 90.3 Å². The standard InChI is InChI=1S/C48H27B7N2/c1-48(2)38-35(36-39(48)44(53)46(55)45(54)42(36)51)41(50)43(52)37(40(38)49)34-27-18-8-6-16-25(27)33(26-17-7-9-19-28(26)34)29-20-10-11-21-30(29)47-56-31-22-12-13-23-32(31)57(47)24-14-4-3-5-15-24/h3-23H,1-2H3. The number of hydrogen-bond acceptors (Lipinski definition) is 1. The average molecular weight is 707 g/mol. The minimum absolute atomic E-state index is 0.211. The second-order valence-electron chi connectivity index (χ2n) is 15.4. The van der Waals surface area contributed by atoms with Gasteiger partial charge in [0.1, 0.15) is 60.7 Å². The Balaban J connectivity index is 1.30. The molecule has 8 aromatic carbocycles. The van der Waals surface area contributed by atoms with E-state index in [2.05, 4.69) is 122 Å². The molecule has 0 fully saturated rings. The molecule has 0 bridgehead atoms. The molecule has 250 valence electrons. The van der Waals surface area contributed by atoms with Gasteiger partial charge in [0.25, 0.3) is 0 Å². The molecule has 0 aliphatic heterocycles. The van der Waals surface area contributed by atoms with Crippen LogP contribution in [0.25, 0.3) is 83.0 Å². The van der Waals surface area contributed by atoms with Crippen LogP contribution in [0, 0.1) is 0 Å². The van der Waals surface area contributed by atoms with Crippen LogP contribution in [0.15, 0.2) is 127 Å². The summed E-state index contributed by atoms with van der Waals surface area (Å²) in [5.74, 6) is 0.844. The first-order valence-electron chi connectivity index (χ1n) is 18.9. The molecule has 1 aliphatic carbocycles. The Labute approximate surface area is 342 Å². The van der Waals surface area contributed by atoms with Crippen molar-refractivity contribution in [3.8, 4) is 50.5 Å². The van der Waals surface area contributed by atoms with Crippen LogP contribution < -0.4 is 38.2 Å². The second-order valence-corrected chi connectivity index (χ2v) is 15.4. The van der Waals surface area contributed by atoms with Gasteiger partial charge in [0.05, 0.1) is 11.0 Å². The molecule has 0 saturated carbocycles. The van der Waals surface area contributed by atoms with Gasteiger partial charge in [-0.1, -0.05) is 144 Å². The topological polar surface area (TPSA) is 17.8 Å². The van der Waals surface area contributed by atoms with Crippen molar-refractivity contribution in [1.82, 2.24) is 9.55 Å². The van der Waals surface area contributed by atoms with Crippen molar-refractivity contribution >= 4 is 126 Å². The largest absolute Gasteiger partial charge is 0.292 e. The number of hydrogen-bond donors (Lipinski definition) is 0. The van der Waals surface area contributed by atoms with E-state index in [4.69, 9.17) is 59.9 Å². The van der Waals surface area contributed by atoms with Crippen molar-refractivity contribution in [1.29, 1.82) is 0 Å². The first-order chi connectivity index (χ1) is 27.5. The molecule has 1 heterocycles. The summed E-state index contributed by atoms with van der Waals surface area (Å²) in [5, 5.41) is 3.98. The Morgan fingerprint density at radius 3 is 1.49 bits per heavy atom. The molecule has 0 atom stereocenters. The second kappa shape index (κ2) is 12.9. The van der Waals surface area contributed by atoms with Crippen LogP contribution in [-0.2, 0) is 5.41 Å². The van der Waals surface area contributed by atoms with Gasteiger partial charge in [-0.2, -0.15) is 0 Å². The van der Waals surface area contributed by atoms with E-state index in [9.17, 15) is 0 Å². The lowest BCUT2D eigenvalue weighted by molar-refractivity contribution is 0.670. The van der Waals surface area contributed by atoms with Crippen LogP contribution in [0.5, 0.6) is 0 Å². The van der Waals surface area contributed by atoms with Crippen LogP contribution in [-0.4, -0.2) is 64.5 Å². The van der Waals surface area contributed by atoms with Crippen molar-refractivity contribution in [2.24, 2.45) is 0 Å². The Morgan fingerprint density at radius 1 is 0.404 bits per heavy atom. The molecular formula is C48H27B7N2. The van der Waals surface area contributed by atoms with Gasteiger partial charge in [0, 0.05) is 16.7 Å². The number of benzene rings is 8. The Morgan fingerprint density at radius 2 is 0.860 bits per heavy atom. The maximum atomic E-state index is 7.42. The van der Waals surface area contributed by atoms with Crippen LogP contribution >= 0.6 is 0 Å². The van der Waals surface area contributed by atoms with E-state index in [1.165, 1.54) is 0 Å². The summed E-state index contributed by atoms with van der Waals surface area (Å²) in [6, 6.07) is 43.9. The fourth-order valence-corrected chi connectivity index (χ4v) is 9.48. The molecule has 2 nitrogen and oxygen atoms in total. The van der Waals surface area contributed by atoms with E-state index in [0.717, 1.165) is 77.5 Å². The lowest BCUT2D eigenvalue weighted by atomic mass is 9.61. The predicted molar refractivity (Wildman–Crippen MR) is 248 cm³/mol. The molecule has 14 radical (unpaired) electrons. The third-order valence-corrected chi connectivity index (χ3v) is 12.0. The van der Waals surface area contributed by atoms with E-state index in [1.807, 2.05) is 24.3 Å². The fourth-order valence-electron chi connectivity index (χ4n) is 9.48. The van der Waals surface area contributed by atoms with E-state index in [1.54, 1.807) is 0 Å². The molecule has 0 spiro atoms. The van der Waals surface area contributed by atoms with Crippen molar-refractivity contribution in [2.75, 3.05) is 0 Å². The van der Waals surface area contributed by atoms with Gasteiger partial charge in [0.15, 0.2) is 0 Å². The molecule has 10 rings (SSSR count). The molecule has 0 N–H and O–H groups in total. The maximum absolute atomic E-state index is 7.42. The quantitative estimate of drug-likeness (QED) is 0.198. The van der Waals surface area contributed by atoms with Crippen LogP contribution in [0.2, 0.25) is 0 Å². The smallest absolute Gasteiger partial charge is 0.146 e. The van der Waals surface area contributed by atoms with Crippen LogP contribution in [0.3, 0.4) is 0 Å². The van der Waals surface area contributed by atoms with E-state index < -0.39 is 5.41 Å². The molecule has 9 heteroatoms. The number of para-hydroxylation sites is 3. The number of fused-ring (bicyclic) bond motifs is 6. The van der Waals surface area contributed by atoms with Gasteiger partial charge in [-0.3, -0.25) is 4.57 Å². The van der Waals surface area contributed by atoms with Crippen molar-refractivity contribution < 1.29 is 0 Å². The molecule has 57 heavy (non-hydrogen) atoms. The molecular weight excluding hydrogens is 680 g/mol. The Hall–Kier alpha value is -5.80. The summed E-state index contributed by atoms with van der Waals surface area (Å²) in [4.78, 5) is 5.27. The monoisotopic (exact) mass is 708 g/mol. The normalized spacial score (nSPS) is 13.0. The van der Waals surface area contributed by atoms with Crippen LogP contribution in [0.4, 0.5) is 0 Å². The van der Waals surface area contributed by atoms with Gasteiger partial charge in [0.2, 0.25) is 0 Å². The molecule has 9 aromatic rings. The fraction of sp³-hybridized carbons (Fsp3) is 0.0625. The highest BCUT2D eigenvalue weighted by Crippen LogP contribution is 2.49. The summed E-state index contributed by atoms with van der Waals surface area (Å²) < 4.78 is 2.24. The maximum Gasteiger partial charge on any atom is 0.146 e. The zero-order valence-corrected chi connectivity index (χ0v) is 31.6. The van der Waals surface area contributed by atoms with E-state index >= 15 is 0 Å². The number of nitrogens with zero attached hydrogens (tertiary/aromatic N) is 2. The Kier molecular flexibility index (Phi) is 8.04. The minimum Gasteiger partial charge on any atom is -0.292 e. The third-order valence-electron chi connectivity index (χ3n) is 12.0. The van der Waals surface area contributed by atoms with Crippen molar-refractivity contribution in [3.63, 3.8) is 0 Å². The SMILES string of the molecule is [B]c1c([B])c([B])c2c(c1[B])-c1c([B])c([B])c(-c3c4ccccc4c(-c4ccccc4-c4nc5ccccc5n4-c4ccccc4)c4ccccc34)c([B])c1C2(C)C. The highest BCUT2D eigenvalue weighted by atomic mass is 15.1. The first kappa shape index (κ1) is 35.6. The molecule has 0 unspecified atom stereocenters. The van der Waals surface area contributed by atoms with Crippen LogP contribution in [0.1, 0.15) is 25.0 Å². The lowest BCUT2D eigenvalue weighted by Crippen LogP contribution is -2.51. The first-order valence-corrected chi connectivity index (χ1v) is 18.9. The summed E-state index contributed by atoms with van der Waals surface area (Å²) in [6.07, 6.45) is 0. The van der Waals surface area contributed by atoms with E-state index in [0.29, 0.717) is 44.0 Å². The predicted octanol–water partition coefficient (Wildman–Crippen LogP) is 4.20. The van der Waals surface area contributed by atoms with Gasteiger partial charge in [-0.25, -0.2) is 4.98 Å². The highest BCUT2D eigenvalue weighted by Gasteiger charge is 2.41. The molecule has 1 aromatic heterocycles. The van der Waals surface area contributed by atoms with E-state index in [-0.39, 0.29) is 10.9 Å². The summed E-state index contributed by atoms with van der Waals surface area (Å²) in [7, 11) is 47.9.